The predicted octanol–water partition coefficient (Wildman–Crippen LogP) is 3.28. The van der Waals surface area contributed by atoms with Crippen molar-refractivity contribution in [3.8, 4) is 0 Å². The summed E-state index contributed by atoms with van der Waals surface area (Å²) in [6, 6.07) is 0.824. The molecule has 1 rings (SSSR count). The van der Waals surface area contributed by atoms with E-state index in [0.29, 0.717) is 0 Å². The van der Waals surface area contributed by atoms with Crippen LogP contribution in [0.2, 0.25) is 0 Å². The standard InChI is InChI=1S/C15H32N2/c1-4-10-16-11-6-5-7-12-17-13-14(2)8-9-15(17)3/h14-16H,4-13H2,1-3H3. The molecule has 2 nitrogen and oxygen atoms in total. The molecule has 0 radical (unpaired) electrons. The molecule has 102 valence electrons. The molecular weight excluding hydrogens is 208 g/mol. The zero-order valence-electron chi connectivity index (χ0n) is 12.2. The van der Waals surface area contributed by atoms with E-state index in [9.17, 15) is 0 Å². The first-order valence-corrected chi connectivity index (χ1v) is 7.68. The fraction of sp³-hybridized carbons (Fsp3) is 1.00. The summed E-state index contributed by atoms with van der Waals surface area (Å²) in [5.41, 5.74) is 0. The van der Waals surface area contributed by atoms with Crippen LogP contribution < -0.4 is 5.32 Å². The highest BCUT2D eigenvalue weighted by molar-refractivity contribution is 4.76. The second-order valence-corrected chi connectivity index (χ2v) is 5.84. The molecule has 2 heteroatoms. The van der Waals surface area contributed by atoms with Crippen molar-refractivity contribution in [1.29, 1.82) is 0 Å². The lowest BCUT2D eigenvalue weighted by molar-refractivity contribution is 0.122. The normalized spacial score (nSPS) is 26.3. The minimum Gasteiger partial charge on any atom is -0.317 e. The summed E-state index contributed by atoms with van der Waals surface area (Å²) in [5.74, 6) is 0.914. The van der Waals surface area contributed by atoms with Gasteiger partial charge in [-0.25, -0.2) is 0 Å². The average Bonchev–Trinajstić information content (AvgIpc) is 2.32. The molecule has 1 N–H and O–H groups in total. The van der Waals surface area contributed by atoms with Crippen LogP contribution in [0, 0.1) is 5.92 Å². The number of nitrogens with zero attached hydrogens (tertiary/aromatic N) is 1. The largest absolute Gasteiger partial charge is 0.317 e. The van der Waals surface area contributed by atoms with Crippen molar-refractivity contribution in [2.45, 2.75) is 65.3 Å². The van der Waals surface area contributed by atoms with Gasteiger partial charge in [-0.15, -0.1) is 0 Å². The molecule has 0 bridgehead atoms. The van der Waals surface area contributed by atoms with Crippen LogP contribution >= 0.6 is 0 Å². The van der Waals surface area contributed by atoms with Crippen LogP contribution in [0.25, 0.3) is 0 Å². The summed E-state index contributed by atoms with van der Waals surface area (Å²) in [6.45, 7) is 12.1. The van der Waals surface area contributed by atoms with E-state index in [1.54, 1.807) is 0 Å². The smallest absolute Gasteiger partial charge is 0.00671 e. The lowest BCUT2D eigenvalue weighted by Gasteiger charge is -2.36. The minimum absolute atomic E-state index is 0.824. The average molecular weight is 240 g/mol. The van der Waals surface area contributed by atoms with Crippen molar-refractivity contribution < 1.29 is 0 Å². The third-order valence-electron chi connectivity index (χ3n) is 3.97. The van der Waals surface area contributed by atoms with E-state index in [4.69, 9.17) is 0 Å². The molecule has 0 aromatic rings. The van der Waals surface area contributed by atoms with Crippen molar-refractivity contribution in [1.82, 2.24) is 10.2 Å². The van der Waals surface area contributed by atoms with E-state index < -0.39 is 0 Å². The summed E-state index contributed by atoms with van der Waals surface area (Å²) in [5, 5.41) is 3.48. The second-order valence-electron chi connectivity index (χ2n) is 5.84. The first-order valence-electron chi connectivity index (χ1n) is 7.68. The van der Waals surface area contributed by atoms with Gasteiger partial charge in [-0.1, -0.05) is 20.3 Å². The predicted molar refractivity (Wildman–Crippen MR) is 76.4 cm³/mol. The maximum Gasteiger partial charge on any atom is 0.00671 e. The lowest BCUT2D eigenvalue weighted by atomic mass is 9.95. The first-order chi connectivity index (χ1) is 8.24. The maximum absolute atomic E-state index is 3.48. The van der Waals surface area contributed by atoms with Gasteiger partial charge >= 0.3 is 0 Å². The van der Waals surface area contributed by atoms with Gasteiger partial charge in [0.05, 0.1) is 0 Å². The SMILES string of the molecule is CCCNCCCCCN1CC(C)CCC1C. The van der Waals surface area contributed by atoms with Gasteiger partial charge in [0.1, 0.15) is 0 Å². The van der Waals surface area contributed by atoms with E-state index in [1.807, 2.05) is 0 Å². The Morgan fingerprint density at radius 2 is 1.88 bits per heavy atom. The topological polar surface area (TPSA) is 15.3 Å². The molecule has 1 aliphatic heterocycles. The van der Waals surface area contributed by atoms with E-state index >= 15 is 0 Å². The highest BCUT2D eigenvalue weighted by atomic mass is 15.2. The van der Waals surface area contributed by atoms with Crippen molar-refractivity contribution >= 4 is 0 Å². The van der Waals surface area contributed by atoms with Crippen LogP contribution in [-0.2, 0) is 0 Å². The minimum atomic E-state index is 0.824. The monoisotopic (exact) mass is 240 g/mol. The fourth-order valence-corrected chi connectivity index (χ4v) is 2.73. The third kappa shape index (κ3) is 6.42. The fourth-order valence-electron chi connectivity index (χ4n) is 2.73. The second kappa shape index (κ2) is 8.93. The third-order valence-corrected chi connectivity index (χ3v) is 3.97. The van der Waals surface area contributed by atoms with E-state index in [0.717, 1.165) is 12.0 Å². The molecule has 0 spiro atoms. The van der Waals surface area contributed by atoms with Gasteiger partial charge in [-0.3, -0.25) is 0 Å². The molecule has 0 amide bonds. The number of likely N-dealkylation sites (tertiary alicyclic amines) is 1. The molecule has 1 fully saturated rings. The van der Waals surface area contributed by atoms with Crippen LogP contribution in [0.1, 0.15) is 59.3 Å². The Bertz CT molecular complexity index is 182. The Kier molecular flexibility index (Phi) is 7.87. The molecule has 1 aliphatic rings. The Hall–Kier alpha value is -0.0800. The zero-order chi connectivity index (χ0) is 12.5. The number of hydrogen-bond acceptors (Lipinski definition) is 2. The number of piperidine rings is 1. The van der Waals surface area contributed by atoms with Gasteiger partial charge in [-0.05, 0) is 64.6 Å². The Labute approximate surface area is 108 Å². The Morgan fingerprint density at radius 1 is 1.06 bits per heavy atom. The van der Waals surface area contributed by atoms with Crippen LogP contribution in [-0.4, -0.2) is 37.1 Å². The summed E-state index contributed by atoms with van der Waals surface area (Å²) < 4.78 is 0. The van der Waals surface area contributed by atoms with Gasteiger partial charge in [0, 0.05) is 12.6 Å². The van der Waals surface area contributed by atoms with E-state index in [1.165, 1.54) is 64.7 Å². The molecule has 1 saturated heterocycles. The molecule has 17 heavy (non-hydrogen) atoms. The van der Waals surface area contributed by atoms with Crippen molar-refractivity contribution in [2.24, 2.45) is 5.92 Å². The molecule has 2 atom stereocenters. The molecular formula is C15H32N2. The number of rotatable bonds is 8. The van der Waals surface area contributed by atoms with Crippen LogP contribution in [0.3, 0.4) is 0 Å². The molecule has 0 aromatic carbocycles. The summed E-state index contributed by atoms with van der Waals surface area (Å²) in [6.07, 6.45) is 8.19. The Morgan fingerprint density at radius 3 is 2.65 bits per heavy atom. The molecule has 0 saturated carbocycles. The summed E-state index contributed by atoms with van der Waals surface area (Å²) >= 11 is 0. The molecule has 1 heterocycles. The van der Waals surface area contributed by atoms with Crippen molar-refractivity contribution in [3.05, 3.63) is 0 Å². The quantitative estimate of drug-likeness (QED) is 0.655. The van der Waals surface area contributed by atoms with Crippen molar-refractivity contribution in [2.75, 3.05) is 26.2 Å². The first kappa shape index (κ1) is 15.0. The summed E-state index contributed by atoms with van der Waals surface area (Å²) in [7, 11) is 0. The number of nitrogens with one attached hydrogen (secondary N) is 1. The number of unbranched alkanes of at least 4 members (excludes halogenated alkanes) is 2. The molecule has 2 unspecified atom stereocenters. The lowest BCUT2D eigenvalue weighted by Crippen LogP contribution is -2.41. The highest BCUT2D eigenvalue weighted by Gasteiger charge is 2.21. The molecule has 0 aromatic heterocycles. The van der Waals surface area contributed by atoms with Gasteiger partial charge < -0.3 is 10.2 Å². The van der Waals surface area contributed by atoms with Crippen LogP contribution in [0.4, 0.5) is 0 Å². The number of hydrogen-bond donors (Lipinski definition) is 1. The van der Waals surface area contributed by atoms with Gasteiger partial charge in [-0.2, -0.15) is 0 Å². The van der Waals surface area contributed by atoms with Crippen LogP contribution in [0.5, 0.6) is 0 Å². The zero-order valence-corrected chi connectivity index (χ0v) is 12.2. The van der Waals surface area contributed by atoms with E-state index in [-0.39, 0.29) is 0 Å². The van der Waals surface area contributed by atoms with Crippen molar-refractivity contribution in [3.63, 3.8) is 0 Å². The van der Waals surface area contributed by atoms with Gasteiger partial charge in [0.2, 0.25) is 0 Å². The van der Waals surface area contributed by atoms with E-state index in [2.05, 4.69) is 31.0 Å². The maximum atomic E-state index is 3.48. The molecule has 0 aliphatic carbocycles. The Balaban J connectivity index is 1.97. The summed E-state index contributed by atoms with van der Waals surface area (Å²) in [4.78, 5) is 2.70. The van der Waals surface area contributed by atoms with Gasteiger partial charge in [0.25, 0.3) is 0 Å². The highest BCUT2D eigenvalue weighted by Crippen LogP contribution is 2.21. The van der Waals surface area contributed by atoms with Gasteiger partial charge in [0.15, 0.2) is 0 Å². The van der Waals surface area contributed by atoms with Crippen LogP contribution in [0.15, 0.2) is 0 Å².